The second kappa shape index (κ2) is 6.30. The Balaban J connectivity index is 1.62. The van der Waals surface area contributed by atoms with Crippen LogP contribution in [0.15, 0.2) is 23.4 Å². The van der Waals surface area contributed by atoms with Crippen molar-refractivity contribution in [3.8, 4) is 0 Å². The maximum atomic E-state index is 12.3. The van der Waals surface area contributed by atoms with E-state index in [2.05, 4.69) is 23.0 Å². The minimum Gasteiger partial charge on any atom is -0.372 e. The van der Waals surface area contributed by atoms with Gasteiger partial charge >= 0.3 is 0 Å². The van der Waals surface area contributed by atoms with Crippen molar-refractivity contribution in [3.63, 3.8) is 0 Å². The number of benzene rings is 1. The lowest BCUT2D eigenvalue weighted by Gasteiger charge is -2.35. The molecule has 1 N–H and O–H groups in total. The number of imidazole rings is 1. The van der Waals surface area contributed by atoms with Gasteiger partial charge in [0.25, 0.3) is 0 Å². The molecular weight excluding hydrogens is 298 g/mol. The molecule has 1 amide bonds. The first kappa shape index (κ1) is 15.4. The van der Waals surface area contributed by atoms with E-state index < -0.39 is 0 Å². The largest absolute Gasteiger partial charge is 0.372 e. The number of aromatic amines is 1. The number of nitrogens with zero attached hydrogens (tertiary/aromatic N) is 2. The Morgan fingerprint density at radius 3 is 2.86 bits per heavy atom. The fraction of sp³-hybridized carbons (Fsp3) is 0.500. The highest BCUT2D eigenvalue weighted by Crippen LogP contribution is 2.21. The molecule has 1 fully saturated rings. The zero-order valence-electron chi connectivity index (χ0n) is 13.1. The number of nitrogens with one attached hydrogen (secondary N) is 1. The summed E-state index contributed by atoms with van der Waals surface area (Å²) in [6.07, 6.45) is 0.207. The Morgan fingerprint density at radius 1 is 1.41 bits per heavy atom. The van der Waals surface area contributed by atoms with Crippen LogP contribution in [0.1, 0.15) is 19.4 Å². The number of rotatable bonds is 3. The molecule has 118 valence electrons. The molecule has 6 heteroatoms. The monoisotopic (exact) mass is 319 g/mol. The molecule has 0 aliphatic carbocycles. The summed E-state index contributed by atoms with van der Waals surface area (Å²) < 4.78 is 5.66. The van der Waals surface area contributed by atoms with Crippen molar-refractivity contribution in [2.24, 2.45) is 0 Å². The normalized spacial score (nSPS) is 22.2. The van der Waals surface area contributed by atoms with Crippen molar-refractivity contribution in [2.75, 3.05) is 18.8 Å². The maximum absolute atomic E-state index is 12.3. The van der Waals surface area contributed by atoms with Gasteiger partial charge in [-0.15, -0.1) is 0 Å². The van der Waals surface area contributed by atoms with Crippen LogP contribution >= 0.6 is 11.8 Å². The topological polar surface area (TPSA) is 58.2 Å². The number of carbonyl (C=O) groups is 1. The van der Waals surface area contributed by atoms with Crippen LogP contribution in [0.2, 0.25) is 0 Å². The first-order valence-corrected chi connectivity index (χ1v) is 8.52. The van der Waals surface area contributed by atoms with Crippen LogP contribution in [0.5, 0.6) is 0 Å². The number of hydrogen-bond acceptors (Lipinski definition) is 4. The summed E-state index contributed by atoms with van der Waals surface area (Å²) in [4.78, 5) is 22.0. The fourth-order valence-electron chi connectivity index (χ4n) is 2.77. The average Bonchev–Trinajstić information content (AvgIpc) is 2.85. The Morgan fingerprint density at radius 2 is 2.14 bits per heavy atom. The van der Waals surface area contributed by atoms with Gasteiger partial charge in [0.15, 0.2) is 5.16 Å². The zero-order valence-corrected chi connectivity index (χ0v) is 13.9. The van der Waals surface area contributed by atoms with E-state index in [1.165, 1.54) is 17.3 Å². The first-order chi connectivity index (χ1) is 10.5. The van der Waals surface area contributed by atoms with Gasteiger partial charge in [0.05, 0.1) is 29.0 Å². The molecule has 2 atom stereocenters. The number of aromatic nitrogens is 2. The lowest BCUT2D eigenvalue weighted by Crippen LogP contribution is -2.48. The SMILES string of the molecule is Cc1ccc2nc(SCC(=O)N3C[C@@H](C)O[C@@H](C)C3)[nH]c2c1. The number of thioether (sulfide) groups is 1. The van der Waals surface area contributed by atoms with Crippen LogP contribution in [0.3, 0.4) is 0 Å². The summed E-state index contributed by atoms with van der Waals surface area (Å²) >= 11 is 1.46. The second-order valence-corrected chi connectivity index (χ2v) is 6.87. The molecule has 22 heavy (non-hydrogen) atoms. The van der Waals surface area contributed by atoms with Gasteiger partial charge in [-0.3, -0.25) is 4.79 Å². The highest BCUT2D eigenvalue weighted by Gasteiger charge is 2.25. The van der Waals surface area contributed by atoms with E-state index in [1.54, 1.807) is 0 Å². The predicted octanol–water partition coefficient (Wildman–Crippen LogP) is 2.60. The van der Waals surface area contributed by atoms with E-state index in [1.807, 2.05) is 30.9 Å². The van der Waals surface area contributed by atoms with Gasteiger partial charge in [-0.2, -0.15) is 0 Å². The summed E-state index contributed by atoms with van der Waals surface area (Å²) in [5, 5.41) is 0.795. The third-order valence-electron chi connectivity index (χ3n) is 3.72. The van der Waals surface area contributed by atoms with Crippen molar-refractivity contribution in [1.82, 2.24) is 14.9 Å². The van der Waals surface area contributed by atoms with Crippen LogP contribution in [-0.4, -0.2) is 51.8 Å². The zero-order chi connectivity index (χ0) is 15.7. The van der Waals surface area contributed by atoms with E-state index in [0.717, 1.165) is 16.2 Å². The molecule has 1 aliphatic heterocycles. The number of morpholine rings is 1. The van der Waals surface area contributed by atoms with Crippen molar-refractivity contribution >= 4 is 28.7 Å². The third kappa shape index (κ3) is 3.44. The van der Waals surface area contributed by atoms with Crippen LogP contribution in [0, 0.1) is 6.92 Å². The fourth-order valence-corrected chi connectivity index (χ4v) is 3.56. The summed E-state index contributed by atoms with van der Waals surface area (Å²) in [5.41, 5.74) is 3.15. The second-order valence-electron chi connectivity index (χ2n) is 5.91. The number of H-pyrrole nitrogens is 1. The molecule has 1 aromatic carbocycles. The van der Waals surface area contributed by atoms with Crippen molar-refractivity contribution in [2.45, 2.75) is 38.1 Å². The van der Waals surface area contributed by atoms with Crippen LogP contribution in [-0.2, 0) is 9.53 Å². The molecular formula is C16H21N3O2S. The van der Waals surface area contributed by atoms with Gasteiger partial charge in [0, 0.05) is 13.1 Å². The number of fused-ring (bicyclic) bond motifs is 1. The standard InChI is InChI=1S/C16H21N3O2S/c1-10-4-5-13-14(6-10)18-16(17-13)22-9-15(20)19-7-11(2)21-12(3)8-19/h4-6,11-12H,7-9H2,1-3H3,(H,17,18)/t11-,12+. The van der Waals surface area contributed by atoms with Gasteiger partial charge in [-0.1, -0.05) is 17.8 Å². The van der Waals surface area contributed by atoms with Gasteiger partial charge < -0.3 is 14.6 Å². The van der Waals surface area contributed by atoms with Gasteiger partial charge in [0.2, 0.25) is 5.91 Å². The molecule has 3 rings (SSSR count). The summed E-state index contributed by atoms with van der Waals surface area (Å²) in [5.74, 6) is 0.543. The summed E-state index contributed by atoms with van der Waals surface area (Å²) in [7, 11) is 0. The lowest BCUT2D eigenvalue weighted by atomic mass is 10.2. The first-order valence-electron chi connectivity index (χ1n) is 7.53. The molecule has 0 spiro atoms. The van der Waals surface area contributed by atoms with Crippen molar-refractivity contribution < 1.29 is 9.53 Å². The molecule has 1 saturated heterocycles. The predicted molar refractivity (Wildman–Crippen MR) is 88.1 cm³/mol. The number of carbonyl (C=O) groups excluding carboxylic acids is 1. The highest BCUT2D eigenvalue weighted by molar-refractivity contribution is 7.99. The van der Waals surface area contributed by atoms with Crippen LogP contribution < -0.4 is 0 Å². The quantitative estimate of drug-likeness (QED) is 0.884. The van der Waals surface area contributed by atoms with Gasteiger partial charge in [-0.25, -0.2) is 4.98 Å². The van der Waals surface area contributed by atoms with E-state index >= 15 is 0 Å². The molecule has 2 aromatic rings. The Hall–Kier alpha value is -1.53. The smallest absolute Gasteiger partial charge is 0.233 e. The average molecular weight is 319 g/mol. The van der Waals surface area contributed by atoms with Crippen molar-refractivity contribution in [1.29, 1.82) is 0 Å². The molecule has 1 aromatic heterocycles. The number of aryl methyl sites for hydroxylation is 1. The van der Waals surface area contributed by atoms with E-state index in [0.29, 0.717) is 18.8 Å². The number of ether oxygens (including phenoxy) is 1. The minimum atomic E-state index is 0.104. The van der Waals surface area contributed by atoms with Crippen LogP contribution in [0.25, 0.3) is 11.0 Å². The highest BCUT2D eigenvalue weighted by atomic mass is 32.2. The van der Waals surface area contributed by atoms with Crippen molar-refractivity contribution in [3.05, 3.63) is 23.8 Å². The van der Waals surface area contributed by atoms with Gasteiger partial charge in [0.1, 0.15) is 0 Å². The molecule has 0 saturated carbocycles. The maximum Gasteiger partial charge on any atom is 0.233 e. The van der Waals surface area contributed by atoms with Gasteiger partial charge in [-0.05, 0) is 38.5 Å². The Bertz CT molecular complexity index is 675. The Labute approximate surface area is 134 Å². The minimum absolute atomic E-state index is 0.104. The molecule has 5 nitrogen and oxygen atoms in total. The molecule has 2 heterocycles. The number of amides is 1. The molecule has 1 aliphatic rings. The van der Waals surface area contributed by atoms with E-state index in [-0.39, 0.29) is 18.1 Å². The summed E-state index contributed by atoms with van der Waals surface area (Å²) in [6, 6.07) is 6.11. The Kier molecular flexibility index (Phi) is 4.40. The third-order valence-corrected chi connectivity index (χ3v) is 4.58. The van der Waals surface area contributed by atoms with E-state index in [4.69, 9.17) is 4.74 Å². The molecule has 0 radical (unpaired) electrons. The molecule has 0 bridgehead atoms. The summed E-state index contributed by atoms with van der Waals surface area (Å²) in [6.45, 7) is 7.40. The van der Waals surface area contributed by atoms with E-state index in [9.17, 15) is 4.79 Å². The number of hydrogen-bond donors (Lipinski definition) is 1. The lowest BCUT2D eigenvalue weighted by molar-refractivity contribution is -0.140. The molecule has 0 unspecified atom stereocenters. The van der Waals surface area contributed by atoms with Crippen LogP contribution in [0.4, 0.5) is 0 Å².